The molecule has 1 aromatic rings. The summed E-state index contributed by atoms with van der Waals surface area (Å²) in [6.45, 7) is 4.55. The second-order valence-corrected chi connectivity index (χ2v) is 7.63. The van der Waals surface area contributed by atoms with E-state index in [4.69, 9.17) is 0 Å². The first kappa shape index (κ1) is 17.8. The first-order valence-corrected chi connectivity index (χ1v) is 9.35. The highest BCUT2D eigenvalue weighted by Crippen LogP contribution is 2.22. The maximum Gasteiger partial charge on any atom is 0.273 e. The number of rotatable bonds is 6. The van der Waals surface area contributed by atoms with E-state index in [1.54, 1.807) is 6.92 Å². The molecule has 1 heterocycles. The standard InChI is InChI=1S/C15H23N3O4S/c1-13-6-7-14(12-15(13)18(19)20)23(21,22)16-8-11-17-9-4-2-3-5-10-17/h6-7,12,16H,2-5,8-11H2,1H3. The third-order valence-electron chi connectivity index (χ3n) is 4.11. The Labute approximate surface area is 136 Å². The zero-order valence-electron chi connectivity index (χ0n) is 13.3. The van der Waals surface area contributed by atoms with Crippen molar-refractivity contribution in [1.29, 1.82) is 0 Å². The molecular weight excluding hydrogens is 318 g/mol. The highest BCUT2D eigenvalue weighted by Gasteiger charge is 2.19. The van der Waals surface area contributed by atoms with E-state index in [1.165, 1.54) is 25.0 Å². The minimum absolute atomic E-state index is 0.0642. The molecule has 8 heteroatoms. The maximum absolute atomic E-state index is 12.3. The van der Waals surface area contributed by atoms with Crippen molar-refractivity contribution >= 4 is 15.7 Å². The molecule has 1 aliphatic heterocycles. The van der Waals surface area contributed by atoms with Crippen LogP contribution in [0.25, 0.3) is 0 Å². The average molecular weight is 341 g/mol. The number of hydrogen-bond donors (Lipinski definition) is 1. The fraction of sp³-hybridized carbons (Fsp3) is 0.600. The Bertz CT molecular complexity index is 653. The Hall–Kier alpha value is -1.51. The van der Waals surface area contributed by atoms with Crippen LogP contribution in [0.5, 0.6) is 0 Å². The molecule has 1 fully saturated rings. The van der Waals surface area contributed by atoms with E-state index < -0.39 is 14.9 Å². The van der Waals surface area contributed by atoms with Crippen LogP contribution in [0.15, 0.2) is 23.1 Å². The summed E-state index contributed by atoms with van der Waals surface area (Å²) in [7, 11) is -3.72. The quantitative estimate of drug-likeness (QED) is 0.631. The van der Waals surface area contributed by atoms with Crippen LogP contribution in [0, 0.1) is 17.0 Å². The SMILES string of the molecule is Cc1ccc(S(=O)(=O)NCCN2CCCCCC2)cc1[N+](=O)[O-]. The molecule has 1 N–H and O–H groups in total. The molecule has 0 bridgehead atoms. The molecule has 128 valence electrons. The molecule has 0 unspecified atom stereocenters. The molecule has 23 heavy (non-hydrogen) atoms. The van der Waals surface area contributed by atoms with Gasteiger partial charge in [-0.15, -0.1) is 0 Å². The monoisotopic (exact) mass is 341 g/mol. The lowest BCUT2D eigenvalue weighted by atomic mass is 10.2. The minimum atomic E-state index is -3.72. The van der Waals surface area contributed by atoms with Gasteiger partial charge < -0.3 is 4.90 Å². The van der Waals surface area contributed by atoms with E-state index in [1.807, 2.05) is 0 Å². The van der Waals surface area contributed by atoms with Crippen molar-refractivity contribution in [2.45, 2.75) is 37.5 Å². The molecule has 0 saturated carbocycles. The highest BCUT2D eigenvalue weighted by molar-refractivity contribution is 7.89. The third kappa shape index (κ3) is 4.98. The molecule has 0 radical (unpaired) electrons. The Morgan fingerprint density at radius 2 is 1.87 bits per heavy atom. The van der Waals surface area contributed by atoms with Gasteiger partial charge in [0.15, 0.2) is 0 Å². The number of nitro groups is 1. The van der Waals surface area contributed by atoms with Crippen molar-refractivity contribution in [3.63, 3.8) is 0 Å². The van der Waals surface area contributed by atoms with Crippen LogP contribution in [-0.4, -0.2) is 44.4 Å². The number of aryl methyl sites for hydroxylation is 1. The number of nitrogens with one attached hydrogen (secondary N) is 1. The molecule has 0 amide bonds. The van der Waals surface area contributed by atoms with Gasteiger partial charge in [0, 0.05) is 24.7 Å². The Balaban J connectivity index is 1.98. The summed E-state index contributed by atoms with van der Waals surface area (Å²) >= 11 is 0. The summed E-state index contributed by atoms with van der Waals surface area (Å²) in [6, 6.07) is 3.97. The summed E-state index contributed by atoms with van der Waals surface area (Å²) in [5.41, 5.74) is 0.263. The number of hydrogen-bond acceptors (Lipinski definition) is 5. The van der Waals surface area contributed by atoms with E-state index in [9.17, 15) is 18.5 Å². The van der Waals surface area contributed by atoms with Gasteiger partial charge in [-0.3, -0.25) is 10.1 Å². The largest absolute Gasteiger partial charge is 0.302 e. The van der Waals surface area contributed by atoms with Crippen LogP contribution in [0.1, 0.15) is 31.2 Å². The number of nitro benzene ring substituents is 1. The van der Waals surface area contributed by atoms with Crippen LogP contribution >= 0.6 is 0 Å². The topological polar surface area (TPSA) is 92.6 Å². The van der Waals surface area contributed by atoms with Crippen molar-refractivity contribution in [1.82, 2.24) is 9.62 Å². The molecule has 1 aliphatic rings. The predicted molar refractivity (Wildman–Crippen MR) is 87.9 cm³/mol. The zero-order chi connectivity index (χ0) is 16.9. The minimum Gasteiger partial charge on any atom is -0.302 e. The smallest absolute Gasteiger partial charge is 0.273 e. The summed E-state index contributed by atoms with van der Waals surface area (Å²) < 4.78 is 27.1. The average Bonchev–Trinajstić information content (AvgIpc) is 2.76. The molecule has 1 saturated heterocycles. The van der Waals surface area contributed by atoms with Gasteiger partial charge >= 0.3 is 0 Å². The van der Waals surface area contributed by atoms with Gasteiger partial charge in [-0.2, -0.15) is 0 Å². The van der Waals surface area contributed by atoms with Crippen LogP contribution in [0.2, 0.25) is 0 Å². The fourth-order valence-electron chi connectivity index (χ4n) is 2.73. The number of likely N-dealkylation sites (tertiary alicyclic amines) is 1. The van der Waals surface area contributed by atoms with Gasteiger partial charge in [-0.1, -0.05) is 18.9 Å². The van der Waals surface area contributed by atoms with E-state index in [0.29, 0.717) is 18.7 Å². The molecule has 0 atom stereocenters. The van der Waals surface area contributed by atoms with Crippen molar-refractivity contribution in [2.75, 3.05) is 26.2 Å². The molecule has 7 nitrogen and oxygen atoms in total. The number of nitrogens with zero attached hydrogens (tertiary/aromatic N) is 2. The Morgan fingerprint density at radius 3 is 2.48 bits per heavy atom. The lowest BCUT2D eigenvalue weighted by Crippen LogP contribution is -2.35. The van der Waals surface area contributed by atoms with Gasteiger partial charge in [0.1, 0.15) is 0 Å². The van der Waals surface area contributed by atoms with Crippen LogP contribution in [-0.2, 0) is 10.0 Å². The molecule has 0 aliphatic carbocycles. The van der Waals surface area contributed by atoms with Crippen molar-refractivity contribution in [3.8, 4) is 0 Å². The molecule has 0 spiro atoms. The Morgan fingerprint density at radius 1 is 1.22 bits per heavy atom. The van der Waals surface area contributed by atoms with Gasteiger partial charge in [0.2, 0.25) is 10.0 Å². The first-order valence-electron chi connectivity index (χ1n) is 7.87. The van der Waals surface area contributed by atoms with Crippen LogP contribution < -0.4 is 4.72 Å². The number of sulfonamides is 1. The lowest BCUT2D eigenvalue weighted by molar-refractivity contribution is -0.385. The van der Waals surface area contributed by atoms with Gasteiger partial charge in [-0.25, -0.2) is 13.1 Å². The highest BCUT2D eigenvalue weighted by atomic mass is 32.2. The molecule has 2 rings (SSSR count). The molecule has 0 aromatic heterocycles. The van der Waals surface area contributed by atoms with Crippen molar-refractivity contribution in [3.05, 3.63) is 33.9 Å². The van der Waals surface area contributed by atoms with Crippen molar-refractivity contribution in [2.24, 2.45) is 0 Å². The molecular formula is C15H23N3O4S. The predicted octanol–water partition coefficient (Wildman–Crippen LogP) is 2.06. The molecule has 1 aromatic carbocycles. The van der Waals surface area contributed by atoms with Crippen LogP contribution in [0.4, 0.5) is 5.69 Å². The second kappa shape index (κ2) is 7.85. The Kier molecular flexibility index (Phi) is 6.09. The first-order chi connectivity index (χ1) is 10.9. The van der Waals surface area contributed by atoms with E-state index in [0.717, 1.165) is 32.0 Å². The normalized spacial score (nSPS) is 16.9. The summed E-state index contributed by atoms with van der Waals surface area (Å²) in [5, 5.41) is 10.9. The van der Waals surface area contributed by atoms with Crippen LogP contribution in [0.3, 0.4) is 0 Å². The zero-order valence-corrected chi connectivity index (χ0v) is 14.1. The van der Waals surface area contributed by atoms with E-state index in [2.05, 4.69) is 9.62 Å². The van der Waals surface area contributed by atoms with Gasteiger partial charge in [0.25, 0.3) is 5.69 Å². The summed E-state index contributed by atoms with van der Waals surface area (Å²) in [6.07, 6.45) is 4.76. The van der Waals surface area contributed by atoms with Gasteiger partial charge in [0.05, 0.1) is 9.82 Å². The number of benzene rings is 1. The van der Waals surface area contributed by atoms with Crippen molar-refractivity contribution < 1.29 is 13.3 Å². The summed E-state index contributed by atoms with van der Waals surface area (Å²) in [5.74, 6) is 0. The fourth-order valence-corrected chi connectivity index (χ4v) is 3.77. The third-order valence-corrected chi connectivity index (χ3v) is 5.57. The van der Waals surface area contributed by atoms with Gasteiger partial charge in [-0.05, 0) is 38.9 Å². The second-order valence-electron chi connectivity index (χ2n) is 5.86. The maximum atomic E-state index is 12.3. The van der Waals surface area contributed by atoms with E-state index >= 15 is 0 Å². The lowest BCUT2D eigenvalue weighted by Gasteiger charge is -2.19. The van der Waals surface area contributed by atoms with E-state index in [-0.39, 0.29) is 10.6 Å². The summed E-state index contributed by atoms with van der Waals surface area (Å²) in [4.78, 5) is 12.6.